The van der Waals surface area contributed by atoms with Crippen LogP contribution in [-0.4, -0.2) is 42.9 Å². The fourth-order valence-corrected chi connectivity index (χ4v) is 2.37. The van der Waals surface area contributed by atoms with Crippen molar-refractivity contribution in [2.24, 2.45) is 5.92 Å². The van der Waals surface area contributed by atoms with Crippen LogP contribution in [0.25, 0.3) is 0 Å². The molecule has 1 unspecified atom stereocenters. The summed E-state index contributed by atoms with van der Waals surface area (Å²) in [7, 11) is 0. The van der Waals surface area contributed by atoms with Crippen molar-refractivity contribution in [3.8, 4) is 0 Å². The van der Waals surface area contributed by atoms with Gasteiger partial charge in [-0.05, 0) is 31.8 Å². The summed E-state index contributed by atoms with van der Waals surface area (Å²) in [6.45, 7) is 2.83. The van der Waals surface area contributed by atoms with Gasteiger partial charge in [0.1, 0.15) is 0 Å². The molecule has 80 valence electrons. The zero-order valence-electron chi connectivity index (χ0n) is 7.88. The van der Waals surface area contributed by atoms with Crippen LogP contribution in [-0.2, 0) is 4.79 Å². The lowest BCUT2D eigenvalue weighted by atomic mass is 9.84. The molecule has 0 aromatic rings. The molecule has 3 aliphatic rings. The lowest BCUT2D eigenvalue weighted by Crippen LogP contribution is -2.58. The van der Waals surface area contributed by atoms with E-state index in [1.165, 1.54) is 0 Å². The number of nitrogens with one attached hydrogen (secondary N) is 1. The summed E-state index contributed by atoms with van der Waals surface area (Å²) >= 11 is 0. The van der Waals surface area contributed by atoms with Gasteiger partial charge < -0.3 is 10.2 Å². The second kappa shape index (κ2) is 3.81. The maximum atomic E-state index is 12.0. The molecule has 1 atom stereocenters. The quantitative estimate of drug-likeness (QED) is 0.708. The molecule has 5 heteroatoms. The third-order valence-corrected chi connectivity index (χ3v) is 3.18. The van der Waals surface area contributed by atoms with Gasteiger partial charge in [-0.3, -0.25) is 4.79 Å². The van der Waals surface area contributed by atoms with E-state index >= 15 is 0 Å². The van der Waals surface area contributed by atoms with Gasteiger partial charge in [0.2, 0.25) is 0 Å². The first-order valence-electron chi connectivity index (χ1n) is 4.97. The molecule has 0 aromatic heterocycles. The minimum atomic E-state index is -2.88. The van der Waals surface area contributed by atoms with Crippen LogP contribution in [0.5, 0.6) is 0 Å². The normalized spacial score (nSPS) is 36.1. The molecule has 3 aliphatic heterocycles. The Bertz CT molecular complexity index is 227. The minimum Gasteiger partial charge on any atom is -0.347 e. The highest BCUT2D eigenvalue weighted by molar-refractivity contribution is 5.79. The third-order valence-electron chi connectivity index (χ3n) is 3.18. The Hall–Kier alpha value is -0.710. The van der Waals surface area contributed by atoms with Crippen molar-refractivity contribution >= 4 is 5.91 Å². The van der Waals surface area contributed by atoms with Crippen molar-refractivity contribution < 1.29 is 13.6 Å². The molecule has 0 spiro atoms. The van der Waals surface area contributed by atoms with Gasteiger partial charge in [0.25, 0.3) is 5.91 Å². The zero-order valence-corrected chi connectivity index (χ0v) is 7.88. The molecule has 3 nitrogen and oxygen atoms in total. The van der Waals surface area contributed by atoms with Crippen molar-refractivity contribution in [3.63, 3.8) is 0 Å². The van der Waals surface area contributed by atoms with Crippen molar-refractivity contribution in [1.29, 1.82) is 0 Å². The van der Waals surface area contributed by atoms with Crippen molar-refractivity contribution in [2.45, 2.75) is 25.3 Å². The van der Waals surface area contributed by atoms with E-state index in [1.54, 1.807) is 0 Å². The summed E-state index contributed by atoms with van der Waals surface area (Å²) in [6, 6.07) is -0.0565. The first kappa shape index (κ1) is 9.83. The standard InChI is InChI=1S/C9H14F2N2O/c10-8(11)9(14)12-7-5-13-3-1-6(7)2-4-13/h6-8H,1-5H2,(H,12,14). The van der Waals surface area contributed by atoms with Crippen molar-refractivity contribution in [1.82, 2.24) is 10.2 Å². The lowest BCUT2D eigenvalue weighted by Gasteiger charge is -2.44. The van der Waals surface area contributed by atoms with Crippen LogP contribution in [0.2, 0.25) is 0 Å². The zero-order chi connectivity index (χ0) is 10.1. The van der Waals surface area contributed by atoms with Crippen LogP contribution in [0.4, 0.5) is 8.78 Å². The smallest absolute Gasteiger partial charge is 0.315 e. The van der Waals surface area contributed by atoms with Gasteiger partial charge in [-0.15, -0.1) is 0 Å². The van der Waals surface area contributed by atoms with Crippen LogP contribution in [0.15, 0.2) is 0 Å². The maximum absolute atomic E-state index is 12.0. The number of nitrogens with zero attached hydrogens (tertiary/aromatic N) is 1. The predicted molar refractivity (Wildman–Crippen MR) is 47.1 cm³/mol. The molecule has 1 N–H and O–H groups in total. The minimum absolute atomic E-state index is 0.0565. The van der Waals surface area contributed by atoms with Crippen LogP contribution in [0.1, 0.15) is 12.8 Å². The summed E-state index contributed by atoms with van der Waals surface area (Å²) in [5.74, 6) is -0.716. The Morgan fingerprint density at radius 2 is 2.00 bits per heavy atom. The number of amides is 1. The largest absolute Gasteiger partial charge is 0.347 e. The molecule has 3 fully saturated rings. The monoisotopic (exact) mass is 204 g/mol. The van der Waals surface area contributed by atoms with Crippen LogP contribution >= 0.6 is 0 Å². The number of halogens is 2. The number of piperidine rings is 3. The Morgan fingerprint density at radius 3 is 2.43 bits per heavy atom. The Kier molecular flexibility index (Phi) is 2.67. The molecule has 0 radical (unpaired) electrons. The second-order valence-electron chi connectivity index (χ2n) is 4.05. The Morgan fingerprint density at radius 1 is 1.36 bits per heavy atom. The summed E-state index contributed by atoms with van der Waals surface area (Å²) in [4.78, 5) is 13.0. The SMILES string of the molecule is O=C(NC1CN2CCC1CC2)C(F)F. The van der Waals surface area contributed by atoms with E-state index in [1.807, 2.05) is 0 Å². The number of rotatable bonds is 2. The average molecular weight is 204 g/mol. The van der Waals surface area contributed by atoms with Crippen LogP contribution in [0, 0.1) is 5.92 Å². The Labute approximate surface area is 81.4 Å². The van der Waals surface area contributed by atoms with E-state index < -0.39 is 12.3 Å². The fraction of sp³-hybridized carbons (Fsp3) is 0.889. The van der Waals surface area contributed by atoms with Crippen molar-refractivity contribution in [3.05, 3.63) is 0 Å². The molecule has 0 aromatic carbocycles. The van der Waals surface area contributed by atoms with Gasteiger partial charge >= 0.3 is 6.43 Å². The molecule has 1 amide bonds. The van der Waals surface area contributed by atoms with Gasteiger partial charge in [-0.25, -0.2) is 0 Å². The summed E-state index contributed by atoms with van der Waals surface area (Å²) in [6.07, 6.45) is -0.840. The highest BCUT2D eigenvalue weighted by Gasteiger charge is 2.35. The topological polar surface area (TPSA) is 32.3 Å². The lowest BCUT2D eigenvalue weighted by molar-refractivity contribution is -0.133. The highest BCUT2D eigenvalue weighted by atomic mass is 19.3. The summed E-state index contributed by atoms with van der Waals surface area (Å²) < 4.78 is 24.0. The number of hydrogen-bond donors (Lipinski definition) is 1. The molecule has 14 heavy (non-hydrogen) atoms. The summed E-state index contributed by atoms with van der Waals surface area (Å²) in [5.41, 5.74) is 0. The molecule has 3 saturated heterocycles. The molecule has 3 rings (SSSR count). The van der Waals surface area contributed by atoms with E-state index in [4.69, 9.17) is 0 Å². The first-order valence-corrected chi connectivity index (χ1v) is 4.97. The number of fused-ring (bicyclic) bond motifs is 3. The van der Waals surface area contributed by atoms with Gasteiger partial charge in [0.15, 0.2) is 0 Å². The highest BCUT2D eigenvalue weighted by Crippen LogP contribution is 2.27. The maximum Gasteiger partial charge on any atom is 0.315 e. The van der Waals surface area contributed by atoms with E-state index in [2.05, 4.69) is 10.2 Å². The first-order chi connectivity index (χ1) is 6.66. The van der Waals surface area contributed by atoms with E-state index in [0.717, 1.165) is 32.5 Å². The van der Waals surface area contributed by atoms with Gasteiger partial charge in [-0.2, -0.15) is 8.78 Å². The molecular weight excluding hydrogens is 190 g/mol. The molecule has 0 aliphatic carbocycles. The van der Waals surface area contributed by atoms with Gasteiger partial charge in [0, 0.05) is 12.6 Å². The van der Waals surface area contributed by atoms with Gasteiger partial charge in [0.05, 0.1) is 0 Å². The number of alkyl halides is 2. The number of hydrogen-bond acceptors (Lipinski definition) is 2. The van der Waals surface area contributed by atoms with Crippen molar-refractivity contribution in [2.75, 3.05) is 19.6 Å². The van der Waals surface area contributed by atoms with Gasteiger partial charge in [-0.1, -0.05) is 0 Å². The summed E-state index contributed by atoms with van der Waals surface area (Å²) in [5, 5.41) is 2.42. The molecule has 0 saturated carbocycles. The fourth-order valence-electron chi connectivity index (χ4n) is 2.37. The Balaban J connectivity index is 1.90. The van der Waals surface area contributed by atoms with E-state index in [-0.39, 0.29) is 6.04 Å². The number of carbonyl (C=O) groups is 1. The van der Waals surface area contributed by atoms with Crippen LogP contribution < -0.4 is 5.32 Å². The predicted octanol–water partition coefficient (Wildman–Crippen LogP) is 0.462. The molecule has 3 heterocycles. The van der Waals surface area contributed by atoms with E-state index in [9.17, 15) is 13.6 Å². The number of carbonyl (C=O) groups excluding carboxylic acids is 1. The molecular formula is C9H14F2N2O. The molecule has 2 bridgehead atoms. The average Bonchev–Trinajstić information content (AvgIpc) is 2.19. The van der Waals surface area contributed by atoms with E-state index in [0.29, 0.717) is 5.92 Å². The third kappa shape index (κ3) is 1.87. The second-order valence-corrected chi connectivity index (χ2v) is 4.05. The van der Waals surface area contributed by atoms with Crippen LogP contribution in [0.3, 0.4) is 0 Å².